The van der Waals surface area contributed by atoms with E-state index in [1.807, 2.05) is 12.1 Å². The predicted octanol–water partition coefficient (Wildman–Crippen LogP) is 3.17. The first-order valence-corrected chi connectivity index (χ1v) is 7.87. The number of likely N-dealkylation sites (tertiary alicyclic amines) is 1. The number of aromatic hydroxyl groups is 1. The number of benzene rings is 1. The molecule has 114 valence electrons. The van der Waals surface area contributed by atoms with Crippen LogP contribution in [-0.4, -0.2) is 33.2 Å². The third kappa shape index (κ3) is 2.64. The van der Waals surface area contributed by atoms with Gasteiger partial charge in [-0.1, -0.05) is 25.0 Å². The molecule has 2 aliphatic rings. The van der Waals surface area contributed by atoms with E-state index in [4.69, 9.17) is 0 Å². The van der Waals surface area contributed by atoms with Crippen molar-refractivity contribution in [3.63, 3.8) is 0 Å². The molecule has 4 heteroatoms. The molecule has 2 N–H and O–H groups in total. The third-order valence-electron chi connectivity index (χ3n) is 5.22. The maximum atomic E-state index is 11.7. The Balaban J connectivity index is 1.90. The standard InChI is InChI=1S/C17H23NO3/c1-11(12-6-4-7-14(19)9-12)18-15-8-3-2-5-13(15)10-16(18)17(20)21/h4,6-7,9,11,13,15-16,19H,2-3,5,8,10H2,1H3,(H,20,21). The zero-order valence-electron chi connectivity index (χ0n) is 12.4. The van der Waals surface area contributed by atoms with Crippen LogP contribution < -0.4 is 0 Å². The summed E-state index contributed by atoms with van der Waals surface area (Å²) in [5.41, 5.74) is 0.993. The summed E-state index contributed by atoms with van der Waals surface area (Å²) in [5, 5.41) is 19.3. The molecule has 1 heterocycles. The Morgan fingerprint density at radius 1 is 1.33 bits per heavy atom. The lowest BCUT2D eigenvalue weighted by Crippen LogP contribution is -2.43. The highest BCUT2D eigenvalue weighted by Gasteiger charge is 2.47. The number of hydrogen-bond acceptors (Lipinski definition) is 3. The van der Waals surface area contributed by atoms with Crippen molar-refractivity contribution in [3.8, 4) is 5.75 Å². The summed E-state index contributed by atoms with van der Waals surface area (Å²) in [6.07, 6.45) is 5.43. The zero-order chi connectivity index (χ0) is 15.0. The van der Waals surface area contributed by atoms with E-state index in [0.717, 1.165) is 24.8 Å². The third-order valence-corrected chi connectivity index (χ3v) is 5.22. The molecule has 0 aromatic heterocycles. The van der Waals surface area contributed by atoms with Crippen LogP contribution in [0.1, 0.15) is 50.6 Å². The van der Waals surface area contributed by atoms with E-state index in [2.05, 4.69) is 11.8 Å². The summed E-state index contributed by atoms with van der Waals surface area (Å²) < 4.78 is 0. The van der Waals surface area contributed by atoms with Gasteiger partial charge in [-0.25, -0.2) is 0 Å². The Hall–Kier alpha value is -1.55. The molecule has 4 atom stereocenters. The molecule has 0 bridgehead atoms. The number of carbonyl (C=O) groups is 1. The lowest BCUT2D eigenvalue weighted by atomic mass is 9.84. The molecule has 1 aromatic rings. The quantitative estimate of drug-likeness (QED) is 0.897. The number of phenolic OH excluding ortho intramolecular Hbond substituents is 1. The molecular formula is C17H23NO3. The van der Waals surface area contributed by atoms with E-state index >= 15 is 0 Å². The smallest absolute Gasteiger partial charge is 0.320 e. The van der Waals surface area contributed by atoms with Crippen LogP contribution in [0.25, 0.3) is 0 Å². The second-order valence-electron chi connectivity index (χ2n) is 6.42. The van der Waals surface area contributed by atoms with E-state index in [1.165, 1.54) is 12.8 Å². The van der Waals surface area contributed by atoms with Crippen LogP contribution in [0.5, 0.6) is 5.75 Å². The summed E-state index contributed by atoms with van der Waals surface area (Å²) in [5.74, 6) is 0.0432. The van der Waals surface area contributed by atoms with Gasteiger partial charge in [0.25, 0.3) is 0 Å². The zero-order valence-corrected chi connectivity index (χ0v) is 12.4. The number of rotatable bonds is 3. The molecule has 21 heavy (non-hydrogen) atoms. The SMILES string of the molecule is CC(c1cccc(O)c1)N1C(C(=O)O)CC2CCCCC21. The van der Waals surface area contributed by atoms with E-state index in [1.54, 1.807) is 12.1 Å². The van der Waals surface area contributed by atoms with Crippen LogP contribution in [0.3, 0.4) is 0 Å². The molecule has 4 nitrogen and oxygen atoms in total. The van der Waals surface area contributed by atoms with Gasteiger partial charge in [-0.15, -0.1) is 0 Å². The van der Waals surface area contributed by atoms with Crippen molar-refractivity contribution in [2.45, 2.75) is 57.2 Å². The van der Waals surface area contributed by atoms with Gasteiger partial charge < -0.3 is 10.2 Å². The first-order valence-electron chi connectivity index (χ1n) is 7.87. The van der Waals surface area contributed by atoms with E-state index in [-0.39, 0.29) is 11.8 Å². The molecule has 0 radical (unpaired) electrons. The Bertz CT molecular complexity index is 531. The topological polar surface area (TPSA) is 60.8 Å². The number of aliphatic carboxylic acids is 1. The minimum atomic E-state index is -0.712. The fourth-order valence-corrected chi connectivity index (χ4v) is 4.24. The van der Waals surface area contributed by atoms with Crippen molar-refractivity contribution in [1.82, 2.24) is 4.90 Å². The fourth-order valence-electron chi connectivity index (χ4n) is 4.24. The van der Waals surface area contributed by atoms with Gasteiger partial charge in [-0.05, 0) is 49.8 Å². The van der Waals surface area contributed by atoms with Crippen LogP contribution in [0, 0.1) is 5.92 Å². The fraction of sp³-hybridized carbons (Fsp3) is 0.588. The molecule has 0 spiro atoms. The molecule has 0 amide bonds. The Labute approximate surface area is 125 Å². The lowest BCUT2D eigenvalue weighted by molar-refractivity contribution is -0.143. The Kier molecular flexibility index (Phi) is 3.89. The van der Waals surface area contributed by atoms with Gasteiger partial charge in [-0.3, -0.25) is 9.69 Å². The van der Waals surface area contributed by atoms with Crippen LogP contribution in [0.4, 0.5) is 0 Å². The van der Waals surface area contributed by atoms with E-state index in [0.29, 0.717) is 12.0 Å². The molecule has 1 saturated heterocycles. The van der Waals surface area contributed by atoms with Gasteiger partial charge in [0, 0.05) is 12.1 Å². The van der Waals surface area contributed by atoms with Crippen molar-refractivity contribution < 1.29 is 15.0 Å². The van der Waals surface area contributed by atoms with Crippen molar-refractivity contribution in [2.75, 3.05) is 0 Å². The minimum absolute atomic E-state index is 0.0197. The van der Waals surface area contributed by atoms with E-state index < -0.39 is 12.0 Å². The monoisotopic (exact) mass is 289 g/mol. The van der Waals surface area contributed by atoms with Gasteiger partial charge in [0.05, 0.1) is 0 Å². The molecule has 3 rings (SSSR count). The van der Waals surface area contributed by atoms with Gasteiger partial charge in [-0.2, -0.15) is 0 Å². The number of fused-ring (bicyclic) bond motifs is 1. The summed E-state index contributed by atoms with van der Waals surface area (Å²) in [6.45, 7) is 2.06. The lowest BCUT2D eigenvalue weighted by Gasteiger charge is -2.37. The number of hydrogen-bond donors (Lipinski definition) is 2. The molecule has 2 fully saturated rings. The second kappa shape index (κ2) is 5.68. The van der Waals surface area contributed by atoms with Crippen molar-refractivity contribution in [3.05, 3.63) is 29.8 Å². The van der Waals surface area contributed by atoms with Crippen molar-refractivity contribution in [1.29, 1.82) is 0 Å². The molecule has 1 aliphatic carbocycles. The van der Waals surface area contributed by atoms with Gasteiger partial charge in [0.2, 0.25) is 0 Å². The van der Waals surface area contributed by atoms with Crippen LogP contribution >= 0.6 is 0 Å². The normalized spacial score (nSPS) is 30.8. The van der Waals surface area contributed by atoms with Crippen molar-refractivity contribution >= 4 is 5.97 Å². The summed E-state index contributed by atoms with van der Waals surface area (Å²) in [6, 6.07) is 7.20. The van der Waals surface area contributed by atoms with Gasteiger partial charge >= 0.3 is 5.97 Å². The second-order valence-corrected chi connectivity index (χ2v) is 6.42. The summed E-state index contributed by atoms with van der Waals surface area (Å²) in [7, 11) is 0. The van der Waals surface area contributed by atoms with Crippen molar-refractivity contribution in [2.24, 2.45) is 5.92 Å². The van der Waals surface area contributed by atoms with Crippen LogP contribution in [-0.2, 0) is 4.79 Å². The molecule has 4 unspecified atom stereocenters. The van der Waals surface area contributed by atoms with Crippen LogP contribution in [0.2, 0.25) is 0 Å². The molecule has 1 aromatic carbocycles. The largest absolute Gasteiger partial charge is 0.508 e. The number of carboxylic acids is 1. The number of carboxylic acid groups (broad SMARTS) is 1. The maximum Gasteiger partial charge on any atom is 0.320 e. The summed E-state index contributed by atoms with van der Waals surface area (Å²) >= 11 is 0. The van der Waals surface area contributed by atoms with Gasteiger partial charge in [0.1, 0.15) is 11.8 Å². The first-order chi connectivity index (χ1) is 10.1. The number of phenols is 1. The van der Waals surface area contributed by atoms with Crippen LogP contribution in [0.15, 0.2) is 24.3 Å². The minimum Gasteiger partial charge on any atom is -0.508 e. The Morgan fingerprint density at radius 3 is 2.81 bits per heavy atom. The Morgan fingerprint density at radius 2 is 2.10 bits per heavy atom. The molecule has 1 aliphatic heterocycles. The summed E-state index contributed by atoms with van der Waals surface area (Å²) in [4.78, 5) is 13.8. The highest BCUT2D eigenvalue weighted by Crippen LogP contribution is 2.44. The average molecular weight is 289 g/mol. The van der Waals surface area contributed by atoms with Gasteiger partial charge in [0.15, 0.2) is 0 Å². The van der Waals surface area contributed by atoms with E-state index in [9.17, 15) is 15.0 Å². The maximum absolute atomic E-state index is 11.7. The predicted molar refractivity (Wildman–Crippen MR) is 80.1 cm³/mol. The molecule has 1 saturated carbocycles. The molecular weight excluding hydrogens is 266 g/mol. The first kappa shape index (κ1) is 14.4. The highest BCUT2D eigenvalue weighted by molar-refractivity contribution is 5.74. The highest BCUT2D eigenvalue weighted by atomic mass is 16.4. The average Bonchev–Trinajstić information content (AvgIpc) is 2.86. The number of nitrogens with zero attached hydrogens (tertiary/aromatic N) is 1.